The molecule has 3 heteroatoms. The molecule has 2 bridgehead atoms. The van der Waals surface area contributed by atoms with Gasteiger partial charge in [-0.05, 0) is 25.0 Å². The van der Waals surface area contributed by atoms with Crippen molar-refractivity contribution >= 4 is 5.82 Å². The monoisotopic (exact) mass is 189 g/mol. The highest BCUT2D eigenvalue weighted by Gasteiger charge is 2.37. The van der Waals surface area contributed by atoms with E-state index in [2.05, 4.69) is 34.3 Å². The third-order valence-corrected chi connectivity index (χ3v) is 3.25. The highest BCUT2D eigenvalue weighted by molar-refractivity contribution is 5.43. The molecule has 2 aliphatic heterocycles. The molecule has 0 aliphatic carbocycles. The van der Waals surface area contributed by atoms with Crippen molar-refractivity contribution in [3.05, 3.63) is 23.9 Å². The number of pyridine rings is 1. The van der Waals surface area contributed by atoms with Crippen molar-refractivity contribution in [1.82, 2.24) is 10.3 Å². The van der Waals surface area contributed by atoms with Gasteiger partial charge in [0.2, 0.25) is 0 Å². The first-order valence-corrected chi connectivity index (χ1v) is 5.25. The van der Waals surface area contributed by atoms with Crippen LogP contribution in [-0.4, -0.2) is 30.2 Å². The Balaban J connectivity index is 1.86. The van der Waals surface area contributed by atoms with E-state index >= 15 is 0 Å². The molecule has 2 aliphatic rings. The highest BCUT2D eigenvalue weighted by Crippen LogP contribution is 2.27. The molecule has 2 saturated heterocycles. The van der Waals surface area contributed by atoms with Gasteiger partial charge in [-0.15, -0.1) is 0 Å². The summed E-state index contributed by atoms with van der Waals surface area (Å²) in [7, 11) is 0. The lowest BCUT2D eigenvalue weighted by molar-refractivity contribution is 0.576. The third kappa shape index (κ3) is 1.20. The molecule has 0 saturated carbocycles. The van der Waals surface area contributed by atoms with Crippen LogP contribution < -0.4 is 10.2 Å². The second kappa shape index (κ2) is 2.95. The third-order valence-electron chi connectivity index (χ3n) is 3.25. The molecule has 0 amide bonds. The number of aryl methyl sites for hydroxylation is 1. The molecule has 0 radical (unpaired) electrons. The van der Waals surface area contributed by atoms with Crippen LogP contribution in [0.3, 0.4) is 0 Å². The lowest BCUT2D eigenvalue weighted by Gasteiger charge is -2.28. The molecule has 1 N–H and O–H groups in total. The number of rotatable bonds is 1. The fourth-order valence-corrected chi connectivity index (χ4v) is 2.47. The molecule has 3 heterocycles. The number of piperazine rings is 1. The molecule has 74 valence electrons. The van der Waals surface area contributed by atoms with Gasteiger partial charge in [-0.3, -0.25) is 0 Å². The van der Waals surface area contributed by atoms with Crippen LogP contribution in [0.5, 0.6) is 0 Å². The quantitative estimate of drug-likeness (QED) is 0.712. The Bertz CT molecular complexity index is 333. The van der Waals surface area contributed by atoms with E-state index in [0.29, 0.717) is 12.1 Å². The van der Waals surface area contributed by atoms with Crippen molar-refractivity contribution in [3.8, 4) is 0 Å². The van der Waals surface area contributed by atoms with Crippen LogP contribution in [0.4, 0.5) is 5.82 Å². The van der Waals surface area contributed by atoms with E-state index in [9.17, 15) is 0 Å². The van der Waals surface area contributed by atoms with E-state index < -0.39 is 0 Å². The molecule has 0 unspecified atom stereocenters. The number of nitrogens with one attached hydrogen (secondary N) is 1. The second-order valence-corrected chi connectivity index (χ2v) is 4.34. The minimum Gasteiger partial charge on any atom is -0.351 e. The highest BCUT2D eigenvalue weighted by atomic mass is 15.3. The first-order valence-electron chi connectivity index (χ1n) is 5.25. The van der Waals surface area contributed by atoms with Gasteiger partial charge in [-0.1, -0.05) is 6.07 Å². The van der Waals surface area contributed by atoms with Crippen LogP contribution in [0.15, 0.2) is 18.3 Å². The molecule has 0 spiro atoms. The van der Waals surface area contributed by atoms with Gasteiger partial charge in [0.1, 0.15) is 5.82 Å². The molecule has 3 rings (SSSR count). The number of aromatic nitrogens is 1. The van der Waals surface area contributed by atoms with Gasteiger partial charge < -0.3 is 10.2 Å². The van der Waals surface area contributed by atoms with Crippen LogP contribution in [0.25, 0.3) is 0 Å². The zero-order chi connectivity index (χ0) is 9.54. The van der Waals surface area contributed by atoms with Gasteiger partial charge >= 0.3 is 0 Å². The van der Waals surface area contributed by atoms with E-state index in [0.717, 1.165) is 18.9 Å². The Labute approximate surface area is 84.1 Å². The van der Waals surface area contributed by atoms with E-state index in [1.807, 2.05) is 6.20 Å². The van der Waals surface area contributed by atoms with Gasteiger partial charge in [0.15, 0.2) is 0 Å². The van der Waals surface area contributed by atoms with E-state index in [-0.39, 0.29) is 0 Å². The average molecular weight is 189 g/mol. The summed E-state index contributed by atoms with van der Waals surface area (Å²) in [5.74, 6) is 1.14. The first-order chi connectivity index (χ1) is 6.83. The summed E-state index contributed by atoms with van der Waals surface area (Å²) < 4.78 is 0. The van der Waals surface area contributed by atoms with Crippen molar-refractivity contribution in [3.63, 3.8) is 0 Å². The van der Waals surface area contributed by atoms with Gasteiger partial charge in [-0.2, -0.15) is 0 Å². The molecule has 3 nitrogen and oxygen atoms in total. The van der Waals surface area contributed by atoms with Gasteiger partial charge in [0, 0.05) is 31.4 Å². The number of anilines is 1. The SMILES string of the molecule is Cc1ccc(N2C[C@@H]3C[C@H]2CN3)nc1. The fourth-order valence-electron chi connectivity index (χ4n) is 2.47. The maximum Gasteiger partial charge on any atom is 0.128 e. The standard InChI is InChI=1S/C11H15N3/c1-8-2-3-11(13-5-8)14-7-9-4-10(14)6-12-9/h2-3,5,9-10,12H,4,6-7H2,1H3/t9-,10-/m0/s1. The Hall–Kier alpha value is -1.09. The topological polar surface area (TPSA) is 28.2 Å². The lowest BCUT2D eigenvalue weighted by atomic mass is 10.2. The van der Waals surface area contributed by atoms with E-state index in [1.165, 1.54) is 12.0 Å². The predicted molar refractivity (Wildman–Crippen MR) is 56.5 cm³/mol. The Morgan fingerprint density at radius 1 is 1.50 bits per heavy atom. The second-order valence-electron chi connectivity index (χ2n) is 4.34. The maximum absolute atomic E-state index is 4.48. The smallest absolute Gasteiger partial charge is 0.128 e. The van der Waals surface area contributed by atoms with Crippen LogP contribution in [-0.2, 0) is 0 Å². The molecular formula is C11H15N3. The Morgan fingerprint density at radius 3 is 3.00 bits per heavy atom. The zero-order valence-corrected chi connectivity index (χ0v) is 8.40. The van der Waals surface area contributed by atoms with E-state index in [4.69, 9.17) is 0 Å². The summed E-state index contributed by atoms with van der Waals surface area (Å²) in [6.07, 6.45) is 3.24. The number of nitrogens with zero attached hydrogens (tertiary/aromatic N) is 2. The number of hydrogen-bond acceptors (Lipinski definition) is 3. The van der Waals surface area contributed by atoms with Crippen LogP contribution in [0, 0.1) is 6.92 Å². The summed E-state index contributed by atoms with van der Waals surface area (Å²) in [5, 5.41) is 3.50. The van der Waals surface area contributed by atoms with Crippen molar-refractivity contribution < 1.29 is 0 Å². The van der Waals surface area contributed by atoms with Gasteiger partial charge in [-0.25, -0.2) is 4.98 Å². The molecule has 1 aromatic rings. The van der Waals surface area contributed by atoms with Crippen molar-refractivity contribution in [1.29, 1.82) is 0 Å². The summed E-state index contributed by atoms with van der Waals surface area (Å²) in [4.78, 5) is 6.91. The summed E-state index contributed by atoms with van der Waals surface area (Å²) in [6.45, 7) is 4.33. The number of fused-ring (bicyclic) bond motifs is 2. The van der Waals surface area contributed by atoms with Crippen molar-refractivity contribution in [2.24, 2.45) is 0 Å². The van der Waals surface area contributed by atoms with Crippen LogP contribution >= 0.6 is 0 Å². The predicted octanol–water partition coefficient (Wildman–Crippen LogP) is 0.941. The van der Waals surface area contributed by atoms with Crippen molar-refractivity contribution in [2.75, 3.05) is 18.0 Å². The molecule has 2 atom stereocenters. The van der Waals surface area contributed by atoms with Crippen molar-refractivity contribution in [2.45, 2.75) is 25.4 Å². The molecule has 1 aromatic heterocycles. The molecule has 0 aromatic carbocycles. The summed E-state index contributed by atoms with van der Waals surface area (Å²) in [5.41, 5.74) is 1.23. The van der Waals surface area contributed by atoms with E-state index in [1.54, 1.807) is 0 Å². The molecular weight excluding hydrogens is 174 g/mol. The maximum atomic E-state index is 4.48. The Morgan fingerprint density at radius 2 is 2.43 bits per heavy atom. The number of hydrogen-bond donors (Lipinski definition) is 1. The fraction of sp³-hybridized carbons (Fsp3) is 0.545. The summed E-state index contributed by atoms with van der Waals surface area (Å²) >= 11 is 0. The molecule has 2 fully saturated rings. The first kappa shape index (κ1) is 8.24. The minimum atomic E-state index is 0.676. The lowest BCUT2D eigenvalue weighted by Crippen LogP contribution is -2.43. The normalized spacial score (nSPS) is 29.9. The minimum absolute atomic E-state index is 0.676. The van der Waals surface area contributed by atoms with Crippen LogP contribution in [0.1, 0.15) is 12.0 Å². The largest absolute Gasteiger partial charge is 0.351 e. The van der Waals surface area contributed by atoms with Crippen LogP contribution in [0.2, 0.25) is 0 Å². The van der Waals surface area contributed by atoms with Gasteiger partial charge in [0.05, 0.1) is 0 Å². The molecule has 14 heavy (non-hydrogen) atoms. The average Bonchev–Trinajstić information content (AvgIpc) is 2.80. The van der Waals surface area contributed by atoms with Gasteiger partial charge in [0.25, 0.3) is 0 Å². The Kier molecular flexibility index (Phi) is 1.74. The summed E-state index contributed by atoms with van der Waals surface area (Å²) in [6, 6.07) is 5.65. The zero-order valence-electron chi connectivity index (χ0n) is 8.40.